The van der Waals surface area contributed by atoms with Gasteiger partial charge in [0.1, 0.15) is 17.3 Å². The molecule has 4 N–H and O–H groups in total. The zero-order chi connectivity index (χ0) is 49.8. The number of nitriles is 1. The minimum Gasteiger partial charge on any atom is -0.493 e. The van der Waals surface area contributed by atoms with Crippen molar-refractivity contribution in [2.75, 3.05) is 13.1 Å². The van der Waals surface area contributed by atoms with E-state index >= 15 is 0 Å². The number of hydrogen-bond acceptors (Lipinski definition) is 13. The van der Waals surface area contributed by atoms with Crippen molar-refractivity contribution in [1.29, 1.82) is 5.26 Å². The molecule has 0 aliphatic heterocycles. The zero-order valence-corrected chi connectivity index (χ0v) is 40.5. The second-order valence-electron chi connectivity index (χ2n) is 16.3. The highest BCUT2D eigenvalue weighted by molar-refractivity contribution is 7.89. The first-order valence-corrected chi connectivity index (χ1v) is 25.3. The molecular weight excluding hydrogens is 909 g/mol. The Balaban J connectivity index is 1.42. The molecule has 2 atom stereocenters. The monoisotopic (exact) mass is 964 g/mol. The largest absolute Gasteiger partial charge is 0.493 e. The lowest BCUT2D eigenvalue weighted by atomic mass is 10.00. The molecule has 5 rings (SSSR count). The van der Waals surface area contributed by atoms with Crippen LogP contribution in [0, 0.1) is 43.6 Å². The van der Waals surface area contributed by atoms with Gasteiger partial charge < -0.3 is 10.2 Å². The summed E-state index contributed by atoms with van der Waals surface area (Å²) in [5.41, 5.74) is -2.37. The fourth-order valence-corrected chi connectivity index (χ4v) is 9.58. The van der Waals surface area contributed by atoms with Crippen molar-refractivity contribution >= 4 is 48.5 Å². The molecule has 2 heterocycles. The second kappa shape index (κ2) is 23.3. The number of aromatic nitrogens is 2. The van der Waals surface area contributed by atoms with Crippen LogP contribution >= 0.6 is 0 Å². The molecular formula is C48H56N10O8S2. The van der Waals surface area contributed by atoms with Crippen molar-refractivity contribution in [3.05, 3.63) is 122 Å². The summed E-state index contributed by atoms with van der Waals surface area (Å²) in [6.45, 7) is 19.4. The van der Waals surface area contributed by atoms with Crippen molar-refractivity contribution in [3.63, 3.8) is 0 Å². The molecule has 20 heteroatoms. The molecule has 0 saturated heterocycles. The van der Waals surface area contributed by atoms with Gasteiger partial charge in [-0.25, -0.2) is 35.7 Å². The third-order valence-electron chi connectivity index (χ3n) is 11.7. The number of hydrogen-bond donors (Lipinski definition) is 4. The number of aromatic hydroxyl groups is 2. The van der Waals surface area contributed by atoms with E-state index in [9.17, 15) is 41.9 Å². The van der Waals surface area contributed by atoms with E-state index in [0.717, 1.165) is 60.5 Å². The first kappa shape index (κ1) is 52.1. The molecule has 18 nitrogen and oxygen atoms in total. The van der Waals surface area contributed by atoms with Crippen molar-refractivity contribution < 1.29 is 27.0 Å². The molecule has 0 bridgehead atoms. The SMILES string of the molecule is [C-]#[N+]c1c(C)c(N=Nc2ccc(S(=O)(=O)NCC(CC)CCCC)cc2)c(O)n(-c2ccc(-n3c(O)c(N=Nc4ccc(S(=O)(=O)NCC(CC)CCCC)cc4)c(C)c(C#N)c3=O)cc2)c1=O. The average Bonchev–Trinajstić information content (AvgIpc) is 3.32. The van der Waals surface area contributed by atoms with E-state index in [1.807, 2.05) is 19.9 Å². The van der Waals surface area contributed by atoms with Gasteiger partial charge in [0.05, 0.1) is 39.1 Å². The normalized spacial score (nSPS) is 12.9. The summed E-state index contributed by atoms with van der Waals surface area (Å²) in [5.74, 6) is -0.922. The Morgan fingerprint density at radius 2 is 1.04 bits per heavy atom. The average molecular weight is 965 g/mol. The first-order chi connectivity index (χ1) is 32.5. The molecule has 2 unspecified atom stereocenters. The van der Waals surface area contributed by atoms with E-state index in [1.165, 1.54) is 86.6 Å². The number of pyridine rings is 2. The number of nitrogens with one attached hydrogen (secondary N) is 2. The summed E-state index contributed by atoms with van der Waals surface area (Å²) >= 11 is 0. The Bertz CT molecular complexity index is 2890. The summed E-state index contributed by atoms with van der Waals surface area (Å²) in [7, 11) is -7.61. The van der Waals surface area contributed by atoms with Gasteiger partial charge in [0.25, 0.3) is 16.8 Å². The lowest BCUT2D eigenvalue weighted by Crippen LogP contribution is -2.29. The zero-order valence-electron chi connectivity index (χ0n) is 38.9. The van der Waals surface area contributed by atoms with E-state index in [4.69, 9.17) is 6.57 Å². The lowest BCUT2D eigenvalue weighted by Gasteiger charge is -2.16. The van der Waals surface area contributed by atoms with Gasteiger partial charge in [0, 0.05) is 18.7 Å². The number of unbranched alkanes of at least 4 members (excludes halogenated alkanes) is 2. The van der Waals surface area contributed by atoms with Gasteiger partial charge in [-0.1, -0.05) is 66.2 Å². The Hall–Kier alpha value is -6.84. The summed E-state index contributed by atoms with van der Waals surface area (Å²) in [5, 5.41) is 49.5. The van der Waals surface area contributed by atoms with E-state index in [1.54, 1.807) is 0 Å². The van der Waals surface area contributed by atoms with Crippen LogP contribution in [-0.4, -0.2) is 49.3 Å². The summed E-state index contributed by atoms with van der Waals surface area (Å²) in [6, 6.07) is 18.4. The van der Waals surface area contributed by atoms with Gasteiger partial charge in [0.2, 0.25) is 31.8 Å². The molecule has 358 valence electrons. The van der Waals surface area contributed by atoms with Crippen LogP contribution in [0.15, 0.2) is 113 Å². The summed E-state index contributed by atoms with van der Waals surface area (Å²) in [6.07, 6.45) is 7.58. The standard InChI is InChI=1S/C48H56N10O8S2/c1-8-12-14-33(10-3)29-51-67(63,64)39-24-16-35(17-25-39)53-55-43-31(5)41(28-49)45(59)57(47(43)61)37-20-22-38(23-21-37)58-46(60)42(50-7)32(6)44(48(58)62)56-54-36-18-26-40(27-19-36)68(65,66)52-30-34(11-4)15-13-9-2/h16-27,33-34,51-52,61-62H,8-15,29-30H2,1-6H3. The van der Waals surface area contributed by atoms with E-state index in [0.29, 0.717) is 13.1 Å². The van der Waals surface area contributed by atoms with E-state index in [2.05, 4.69) is 48.6 Å². The van der Waals surface area contributed by atoms with Crippen molar-refractivity contribution in [2.45, 2.75) is 103 Å². The minimum absolute atomic E-state index is 0.0264. The quantitative estimate of drug-likeness (QED) is 0.0379. The first-order valence-electron chi connectivity index (χ1n) is 22.3. The highest BCUT2D eigenvalue weighted by atomic mass is 32.2. The Morgan fingerprint density at radius 1 is 0.647 bits per heavy atom. The summed E-state index contributed by atoms with van der Waals surface area (Å²) < 4.78 is 59.0. The number of azo groups is 2. The van der Waals surface area contributed by atoms with Crippen molar-refractivity contribution in [3.8, 4) is 29.2 Å². The topological polar surface area (TPSA) is 254 Å². The van der Waals surface area contributed by atoms with Crippen LogP contribution in [0.3, 0.4) is 0 Å². The van der Waals surface area contributed by atoms with Crippen LogP contribution in [0.4, 0.5) is 28.4 Å². The highest BCUT2D eigenvalue weighted by Gasteiger charge is 2.24. The summed E-state index contributed by atoms with van der Waals surface area (Å²) in [4.78, 5) is 30.7. The Morgan fingerprint density at radius 3 is 1.41 bits per heavy atom. The van der Waals surface area contributed by atoms with Crippen LogP contribution in [0.25, 0.3) is 16.2 Å². The molecule has 2 aromatic heterocycles. The van der Waals surface area contributed by atoms with Crippen LogP contribution in [0.5, 0.6) is 11.8 Å². The molecule has 0 radical (unpaired) electrons. The van der Waals surface area contributed by atoms with Gasteiger partial charge >= 0.3 is 0 Å². The molecule has 3 aromatic carbocycles. The molecule has 0 aliphatic carbocycles. The van der Waals surface area contributed by atoms with Crippen LogP contribution in [0.1, 0.15) is 95.8 Å². The molecule has 5 aromatic rings. The van der Waals surface area contributed by atoms with Crippen LogP contribution in [-0.2, 0) is 20.0 Å². The maximum absolute atomic E-state index is 13.6. The minimum atomic E-state index is -3.80. The lowest BCUT2D eigenvalue weighted by molar-refractivity contribution is 0.435. The highest BCUT2D eigenvalue weighted by Crippen LogP contribution is 2.38. The number of benzene rings is 3. The van der Waals surface area contributed by atoms with Gasteiger partial charge in [-0.3, -0.25) is 14.2 Å². The predicted octanol–water partition coefficient (Wildman–Crippen LogP) is 10.3. The van der Waals surface area contributed by atoms with E-state index in [-0.39, 0.29) is 78.1 Å². The maximum Gasteiger partial charge on any atom is 0.276 e. The molecule has 68 heavy (non-hydrogen) atoms. The fraction of sp³-hybridized carbons (Fsp3) is 0.375. The fourth-order valence-electron chi connectivity index (χ4n) is 7.35. The van der Waals surface area contributed by atoms with Crippen molar-refractivity contribution in [2.24, 2.45) is 32.3 Å². The second-order valence-corrected chi connectivity index (χ2v) is 19.8. The molecule has 0 spiro atoms. The van der Waals surface area contributed by atoms with Gasteiger partial charge in [-0.05, 0) is 117 Å². The van der Waals surface area contributed by atoms with Gasteiger partial charge in [-0.15, -0.1) is 10.2 Å². The maximum atomic E-state index is 13.6. The number of rotatable bonds is 22. The van der Waals surface area contributed by atoms with Crippen LogP contribution in [0.2, 0.25) is 0 Å². The molecule has 0 saturated carbocycles. The van der Waals surface area contributed by atoms with E-state index < -0.39 is 42.9 Å². The van der Waals surface area contributed by atoms with Crippen LogP contribution < -0.4 is 20.6 Å². The van der Waals surface area contributed by atoms with Gasteiger partial charge in [-0.2, -0.15) is 15.5 Å². The molecule has 0 amide bonds. The third-order valence-corrected chi connectivity index (χ3v) is 14.6. The van der Waals surface area contributed by atoms with Gasteiger partial charge in [0.15, 0.2) is 5.69 Å². The molecule has 0 aliphatic rings. The number of sulfonamides is 2. The predicted molar refractivity (Wildman–Crippen MR) is 260 cm³/mol. The third kappa shape index (κ3) is 12.0. The number of nitrogens with zero attached hydrogens (tertiary/aromatic N) is 8. The Kier molecular flexibility index (Phi) is 17.8. The Labute approximate surface area is 396 Å². The smallest absolute Gasteiger partial charge is 0.276 e. The van der Waals surface area contributed by atoms with Crippen molar-refractivity contribution in [1.82, 2.24) is 18.6 Å². The molecule has 0 fully saturated rings.